The second-order valence-electron chi connectivity index (χ2n) is 19.1. The molecule has 0 aromatic carbocycles. The van der Waals surface area contributed by atoms with Gasteiger partial charge in [0.15, 0.2) is 0 Å². The van der Waals surface area contributed by atoms with E-state index in [0.29, 0.717) is 18.5 Å². The van der Waals surface area contributed by atoms with E-state index in [4.69, 9.17) is 0 Å². The Morgan fingerprint density at radius 1 is 0.203 bits per heavy atom. The number of hydrogen-bond donors (Lipinski definition) is 0. The molecule has 0 aliphatic carbocycles. The molecule has 379 valence electrons. The summed E-state index contributed by atoms with van der Waals surface area (Å²) < 4.78 is 31.2. The molecule has 0 aliphatic rings. The maximum absolute atomic E-state index is 10.4. The molecule has 10 heteroatoms. The Balaban J connectivity index is -0.000000419. The molecule has 3 unspecified atom stereocenters. The minimum atomic E-state index is -2.14. The molecular weight excluding hydrogens is 982 g/mol. The first-order chi connectivity index (χ1) is 30.8. The zero-order valence-electron chi connectivity index (χ0n) is 43.4. The van der Waals surface area contributed by atoms with Crippen LogP contribution in [-0.4, -0.2) is 18.5 Å². The molecule has 0 amide bonds. The molecule has 0 saturated heterocycles. The normalized spacial score (nSPS) is 11.6. The molecule has 0 heterocycles. The van der Waals surface area contributed by atoms with E-state index in [1.807, 2.05) is 0 Å². The van der Waals surface area contributed by atoms with Crippen molar-refractivity contribution in [2.45, 2.75) is 329 Å². The van der Waals surface area contributed by atoms with Crippen molar-refractivity contribution in [2.24, 2.45) is 0 Å². The first-order valence-corrected chi connectivity index (χ1v) is 32.3. The molecule has 6 nitrogen and oxygen atoms in total. The van der Waals surface area contributed by atoms with Gasteiger partial charge in [-0.1, -0.05) is 304 Å². The van der Waals surface area contributed by atoms with Gasteiger partial charge in [0, 0.05) is 0 Å². The largest absolute Gasteiger partial charge is 3.00 e. The minimum absolute atomic E-state index is 0. The van der Waals surface area contributed by atoms with Crippen molar-refractivity contribution >= 4 is 24.1 Å². The molecule has 1 radical (unpaired) electrons. The smallest absolute Gasteiger partial charge is 0.596 e. The van der Waals surface area contributed by atoms with Crippen molar-refractivity contribution in [2.75, 3.05) is 18.5 Å². The molecule has 0 spiro atoms. The Hall–Kier alpha value is 1.53. The maximum atomic E-state index is 10.4. The van der Waals surface area contributed by atoms with E-state index in [-0.39, 0.29) is 40.8 Å². The first kappa shape index (κ1) is 72.1. The van der Waals surface area contributed by atoms with Crippen molar-refractivity contribution in [1.82, 2.24) is 0 Å². The van der Waals surface area contributed by atoms with Gasteiger partial charge in [-0.2, -0.15) is 0 Å². The van der Waals surface area contributed by atoms with Crippen LogP contribution < -0.4 is 14.7 Å². The third-order valence-corrected chi connectivity index (χ3v) is 14.6. The summed E-state index contributed by atoms with van der Waals surface area (Å²) in [5, 5.41) is 0. The van der Waals surface area contributed by atoms with E-state index in [0.717, 1.165) is 38.5 Å². The second kappa shape index (κ2) is 68.8. The fraction of sp³-hybridized carbons (Fsp3) is 1.00. The first-order valence-electron chi connectivity index (χ1n) is 28.2. The molecule has 0 aromatic rings. The number of hydrogen-bond acceptors (Lipinski definition) is 6. The third-order valence-electron chi connectivity index (χ3n) is 12.6. The van der Waals surface area contributed by atoms with Crippen LogP contribution in [0.3, 0.4) is 0 Å². The van der Waals surface area contributed by atoms with Gasteiger partial charge < -0.3 is 14.7 Å². The van der Waals surface area contributed by atoms with Gasteiger partial charge in [-0.15, -0.1) is 0 Å². The van der Waals surface area contributed by atoms with Crippen LogP contribution >= 0.6 is 24.1 Å². The quantitative estimate of drug-likeness (QED) is 0.0442. The minimum Gasteiger partial charge on any atom is -0.596 e. The van der Waals surface area contributed by atoms with E-state index in [1.54, 1.807) is 0 Å². The fourth-order valence-electron chi connectivity index (χ4n) is 8.37. The maximum Gasteiger partial charge on any atom is 3.00 e. The summed E-state index contributed by atoms with van der Waals surface area (Å²) in [6.45, 7) is 6.82. The molecular formula is C54H111NdO6P3+3. The summed E-state index contributed by atoms with van der Waals surface area (Å²) in [6.07, 6.45) is 65.0. The van der Waals surface area contributed by atoms with Crippen LogP contribution in [-0.2, 0) is 13.7 Å². The van der Waals surface area contributed by atoms with Gasteiger partial charge in [-0.3, -0.25) is 0 Å². The average molecular weight is 1090 g/mol. The van der Waals surface area contributed by atoms with Crippen LogP contribution in [0.15, 0.2) is 0 Å². The average Bonchev–Trinajstić information content (AvgIpc) is 3.26. The Kier molecular flexibility index (Phi) is 77.5. The molecule has 0 saturated carbocycles. The van der Waals surface area contributed by atoms with Gasteiger partial charge in [0.1, 0.15) is 18.5 Å². The summed E-state index contributed by atoms with van der Waals surface area (Å²) in [5.74, 6) is 0. The van der Waals surface area contributed by atoms with E-state index >= 15 is 0 Å². The monoisotopic (exact) mass is 1090 g/mol. The van der Waals surface area contributed by atoms with Gasteiger partial charge in [-0.25, -0.2) is 0 Å². The van der Waals surface area contributed by atoms with Crippen molar-refractivity contribution in [3.63, 3.8) is 0 Å². The van der Waals surface area contributed by atoms with Gasteiger partial charge in [-0.05, 0) is 38.5 Å². The summed E-state index contributed by atoms with van der Waals surface area (Å²) in [4.78, 5) is 31.2. The van der Waals surface area contributed by atoms with Crippen LogP contribution in [0.2, 0.25) is 0 Å². The van der Waals surface area contributed by atoms with Crippen molar-refractivity contribution in [1.29, 1.82) is 0 Å². The van der Waals surface area contributed by atoms with Crippen LogP contribution in [0.5, 0.6) is 0 Å². The van der Waals surface area contributed by atoms with Gasteiger partial charge in [0.05, 0.1) is 0 Å². The summed E-state index contributed by atoms with van der Waals surface area (Å²) >= 11 is 0. The molecule has 0 N–H and O–H groups in total. The Morgan fingerprint density at radius 3 is 0.391 bits per heavy atom. The zero-order valence-corrected chi connectivity index (χ0v) is 49.2. The molecule has 0 aromatic heterocycles. The Morgan fingerprint density at radius 2 is 0.297 bits per heavy atom. The molecule has 0 aliphatic heterocycles. The predicted molar refractivity (Wildman–Crippen MR) is 276 cm³/mol. The number of unbranched alkanes of at least 4 members (excludes halogenated alkanes) is 45. The van der Waals surface area contributed by atoms with Gasteiger partial charge >= 0.3 is 64.9 Å². The number of rotatable bonds is 51. The molecule has 0 bridgehead atoms. The summed E-state index contributed by atoms with van der Waals surface area (Å²) in [7, 11) is -6.43. The zero-order chi connectivity index (χ0) is 46.8. The van der Waals surface area contributed by atoms with Gasteiger partial charge in [0.2, 0.25) is 0 Å². The van der Waals surface area contributed by atoms with Crippen molar-refractivity contribution in [3.05, 3.63) is 0 Å². The molecule has 0 rings (SSSR count). The van der Waals surface area contributed by atoms with E-state index in [1.165, 1.54) is 270 Å². The van der Waals surface area contributed by atoms with Crippen molar-refractivity contribution in [3.8, 4) is 0 Å². The predicted octanol–water partition coefficient (Wildman–Crippen LogP) is 19.1. The van der Waals surface area contributed by atoms with E-state index < -0.39 is 24.1 Å². The molecule has 0 fully saturated rings. The molecule has 64 heavy (non-hydrogen) atoms. The second-order valence-corrected chi connectivity index (χ2v) is 22.4. The van der Waals surface area contributed by atoms with Crippen LogP contribution in [0.25, 0.3) is 0 Å². The molecule has 3 atom stereocenters. The van der Waals surface area contributed by atoms with Crippen LogP contribution in [0.1, 0.15) is 329 Å². The van der Waals surface area contributed by atoms with E-state index in [2.05, 4.69) is 20.8 Å². The topological polar surface area (TPSA) is 120 Å². The van der Waals surface area contributed by atoms with Crippen LogP contribution in [0.4, 0.5) is 0 Å². The Bertz CT molecular complexity index is 775. The van der Waals surface area contributed by atoms with E-state index in [9.17, 15) is 28.4 Å². The SMILES string of the molecule is CCCCCCCCCCCCCCCCCC[P+](=O)[O-].CCCCCCCCCCCCCCCCCC[P+](=O)[O-].CCCCCCCCCCCCCCCCCC[P+](=O)[O-].[Nd+3]. The third kappa shape index (κ3) is 80.6. The van der Waals surface area contributed by atoms with Gasteiger partial charge in [0.25, 0.3) is 0 Å². The Labute approximate surface area is 437 Å². The summed E-state index contributed by atoms with van der Waals surface area (Å²) in [6, 6.07) is 0. The fourth-order valence-corrected chi connectivity index (χ4v) is 9.81. The van der Waals surface area contributed by atoms with Crippen molar-refractivity contribution < 1.29 is 69.2 Å². The summed E-state index contributed by atoms with van der Waals surface area (Å²) in [5.41, 5.74) is 0. The standard InChI is InChI=1S/3C18H37O2P.Nd/c3*1-2-3-4-5-6-7-8-9-10-11-12-13-14-15-16-17-18-21(19)20;/h3*2-18H2,1H3;/q;;;+3. The van der Waals surface area contributed by atoms with Crippen LogP contribution in [0, 0.1) is 40.8 Å².